The minimum atomic E-state index is 0.462. The second kappa shape index (κ2) is 10.6. The Labute approximate surface area is 156 Å². The number of aromatic nitrogens is 1. The number of hydrogen-bond donors (Lipinski definition) is 2. The number of guanidine groups is 1. The van der Waals surface area contributed by atoms with E-state index in [9.17, 15) is 0 Å². The Hall–Kier alpha value is -2.34. The first-order chi connectivity index (χ1) is 12.7. The lowest BCUT2D eigenvalue weighted by Gasteiger charge is -2.11. The minimum absolute atomic E-state index is 0.462. The molecule has 0 saturated heterocycles. The largest absolute Gasteiger partial charge is 0.380 e. The minimum Gasteiger partial charge on any atom is -0.380 e. The third kappa shape index (κ3) is 5.88. The van der Waals surface area contributed by atoms with Crippen LogP contribution in [0.25, 0.3) is 0 Å². The van der Waals surface area contributed by atoms with Gasteiger partial charge in [-0.1, -0.05) is 43.3 Å². The lowest BCUT2D eigenvalue weighted by atomic mass is 9.99. The Morgan fingerprint density at radius 2 is 1.88 bits per heavy atom. The third-order valence-corrected chi connectivity index (χ3v) is 4.40. The van der Waals surface area contributed by atoms with Crippen molar-refractivity contribution >= 4 is 5.96 Å². The monoisotopic (exact) mass is 358 g/mol. The summed E-state index contributed by atoms with van der Waals surface area (Å²) in [6.45, 7) is 6.21. The zero-order valence-corrected chi connectivity index (χ0v) is 16.2. The number of ether oxygens (including phenoxy) is 1. The fraction of sp³-hybridized carbons (Fsp3) is 0.500. The molecule has 0 unspecified atom stereocenters. The summed E-state index contributed by atoms with van der Waals surface area (Å²) in [5.41, 5.74) is 3.37. The van der Waals surface area contributed by atoms with Crippen LogP contribution in [0.4, 0.5) is 0 Å². The molecular weight excluding hydrogens is 328 g/mol. The molecule has 2 rings (SSSR count). The van der Waals surface area contributed by atoms with Crippen LogP contribution in [0.3, 0.4) is 0 Å². The molecule has 0 aliphatic heterocycles. The maximum atomic E-state index is 5.44. The van der Waals surface area contributed by atoms with Crippen LogP contribution in [0, 0.1) is 0 Å². The van der Waals surface area contributed by atoms with E-state index in [1.54, 1.807) is 14.2 Å². The molecule has 0 aliphatic rings. The van der Waals surface area contributed by atoms with Gasteiger partial charge in [0.25, 0.3) is 0 Å². The Kier molecular flexibility index (Phi) is 8.15. The van der Waals surface area contributed by atoms with Crippen LogP contribution in [0.1, 0.15) is 55.2 Å². The van der Waals surface area contributed by atoms with E-state index in [-0.39, 0.29) is 0 Å². The van der Waals surface area contributed by atoms with Gasteiger partial charge in [0, 0.05) is 32.7 Å². The summed E-state index contributed by atoms with van der Waals surface area (Å²) in [7, 11) is 3.46. The van der Waals surface area contributed by atoms with E-state index in [1.807, 2.05) is 12.1 Å². The second-order valence-electron chi connectivity index (χ2n) is 6.26. The standard InChI is InChI=1S/C20H30N4O2/c1-5-17(6-2)19-11-18(26-24-19)13-23-20(21-3)22-12-15-8-7-9-16(10-15)14-25-4/h7-11,17H,5-6,12-14H2,1-4H3,(H2,21,22,23). The summed E-state index contributed by atoms with van der Waals surface area (Å²) < 4.78 is 10.6. The number of benzene rings is 1. The highest BCUT2D eigenvalue weighted by atomic mass is 16.5. The molecule has 0 bridgehead atoms. The molecule has 0 radical (unpaired) electrons. The molecule has 26 heavy (non-hydrogen) atoms. The zero-order valence-electron chi connectivity index (χ0n) is 16.2. The van der Waals surface area contributed by atoms with Gasteiger partial charge >= 0.3 is 0 Å². The van der Waals surface area contributed by atoms with Crippen molar-refractivity contribution in [1.29, 1.82) is 0 Å². The number of aliphatic imine (C=N–C) groups is 1. The van der Waals surface area contributed by atoms with Crippen molar-refractivity contribution in [3.05, 3.63) is 52.9 Å². The first-order valence-electron chi connectivity index (χ1n) is 9.16. The second-order valence-corrected chi connectivity index (χ2v) is 6.26. The molecule has 0 spiro atoms. The molecule has 2 N–H and O–H groups in total. The van der Waals surface area contributed by atoms with E-state index in [1.165, 1.54) is 5.56 Å². The fourth-order valence-corrected chi connectivity index (χ4v) is 2.88. The third-order valence-electron chi connectivity index (χ3n) is 4.40. The molecule has 0 fully saturated rings. The van der Waals surface area contributed by atoms with E-state index in [4.69, 9.17) is 9.26 Å². The average molecular weight is 358 g/mol. The van der Waals surface area contributed by atoms with Gasteiger partial charge in [-0.2, -0.15) is 0 Å². The van der Waals surface area contributed by atoms with Crippen molar-refractivity contribution in [2.45, 2.75) is 52.3 Å². The van der Waals surface area contributed by atoms with Crippen LogP contribution in [-0.2, 0) is 24.4 Å². The van der Waals surface area contributed by atoms with Crippen LogP contribution in [0.15, 0.2) is 39.8 Å². The molecule has 0 atom stereocenters. The SMILES string of the molecule is CCC(CC)c1cc(CNC(=NC)NCc2cccc(COC)c2)on1. The summed E-state index contributed by atoms with van der Waals surface area (Å²) in [5.74, 6) is 2.00. The fourth-order valence-electron chi connectivity index (χ4n) is 2.88. The number of methoxy groups -OCH3 is 1. The van der Waals surface area contributed by atoms with Crippen molar-refractivity contribution in [3.8, 4) is 0 Å². The predicted octanol–water partition coefficient (Wildman–Crippen LogP) is 3.59. The maximum Gasteiger partial charge on any atom is 0.191 e. The molecule has 1 heterocycles. The predicted molar refractivity (Wildman–Crippen MR) is 104 cm³/mol. The van der Waals surface area contributed by atoms with Gasteiger partial charge in [-0.15, -0.1) is 0 Å². The highest BCUT2D eigenvalue weighted by Crippen LogP contribution is 2.22. The molecular formula is C20H30N4O2. The Morgan fingerprint density at radius 3 is 2.58 bits per heavy atom. The normalized spacial score (nSPS) is 11.8. The number of rotatable bonds is 9. The molecule has 0 saturated carbocycles. The van der Waals surface area contributed by atoms with Gasteiger partial charge in [-0.3, -0.25) is 4.99 Å². The molecule has 2 aromatic rings. The number of nitrogens with one attached hydrogen (secondary N) is 2. The van der Waals surface area contributed by atoms with Crippen LogP contribution in [-0.4, -0.2) is 25.3 Å². The van der Waals surface area contributed by atoms with Crippen molar-refractivity contribution in [2.24, 2.45) is 4.99 Å². The number of hydrogen-bond acceptors (Lipinski definition) is 4. The van der Waals surface area contributed by atoms with E-state index in [0.717, 1.165) is 35.8 Å². The molecule has 6 nitrogen and oxygen atoms in total. The first-order valence-corrected chi connectivity index (χ1v) is 9.16. The molecule has 142 valence electrons. The number of nitrogens with zero attached hydrogens (tertiary/aromatic N) is 2. The Balaban J connectivity index is 1.85. The summed E-state index contributed by atoms with van der Waals surface area (Å²) in [6, 6.07) is 10.3. The molecule has 0 aliphatic carbocycles. The van der Waals surface area contributed by atoms with Gasteiger partial charge in [0.2, 0.25) is 0 Å². The van der Waals surface area contributed by atoms with Crippen LogP contribution in [0.5, 0.6) is 0 Å². The van der Waals surface area contributed by atoms with Gasteiger partial charge in [-0.25, -0.2) is 0 Å². The van der Waals surface area contributed by atoms with E-state index in [0.29, 0.717) is 25.6 Å². The van der Waals surface area contributed by atoms with E-state index in [2.05, 4.69) is 52.8 Å². The van der Waals surface area contributed by atoms with Crippen LogP contribution in [0.2, 0.25) is 0 Å². The zero-order chi connectivity index (χ0) is 18.8. The highest BCUT2D eigenvalue weighted by Gasteiger charge is 2.13. The van der Waals surface area contributed by atoms with Gasteiger partial charge in [-0.05, 0) is 24.0 Å². The summed E-state index contributed by atoms with van der Waals surface area (Å²) >= 11 is 0. The molecule has 1 aromatic carbocycles. The van der Waals surface area contributed by atoms with Crippen molar-refractivity contribution in [1.82, 2.24) is 15.8 Å². The van der Waals surface area contributed by atoms with Gasteiger partial charge in [0.05, 0.1) is 18.8 Å². The quantitative estimate of drug-likeness (QED) is 0.529. The maximum absolute atomic E-state index is 5.44. The molecule has 0 amide bonds. The van der Waals surface area contributed by atoms with Crippen molar-refractivity contribution < 1.29 is 9.26 Å². The summed E-state index contributed by atoms with van der Waals surface area (Å²) in [6.07, 6.45) is 2.14. The summed E-state index contributed by atoms with van der Waals surface area (Å²) in [5, 5.41) is 10.8. The lowest BCUT2D eigenvalue weighted by molar-refractivity contribution is 0.185. The van der Waals surface area contributed by atoms with Crippen LogP contribution >= 0.6 is 0 Å². The Morgan fingerprint density at radius 1 is 1.15 bits per heavy atom. The molecule has 6 heteroatoms. The smallest absolute Gasteiger partial charge is 0.191 e. The highest BCUT2D eigenvalue weighted by molar-refractivity contribution is 5.79. The van der Waals surface area contributed by atoms with Crippen molar-refractivity contribution in [3.63, 3.8) is 0 Å². The van der Waals surface area contributed by atoms with Crippen LogP contribution < -0.4 is 10.6 Å². The van der Waals surface area contributed by atoms with Gasteiger partial charge < -0.3 is 19.9 Å². The van der Waals surface area contributed by atoms with Crippen molar-refractivity contribution in [2.75, 3.05) is 14.2 Å². The average Bonchev–Trinajstić information content (AvgIpc) is 3.12. The lowest BCUT2D eigenvalue weighted by Crippen LogP contribution is -2.36. The molecule has 1 aromatic heterocycles. The topological polar surface area (TPSA) is 71.7 Å². The van der Waals surface area contributed by atoms with E-state index >= 15 is 0 Å². The van der Waals surface area contributed by atoms with Gasteiger partial charge in [0.1, 0.15) is 0 Å². The summed E-state index contributed by atoms with van der Waals surface area (Å²) in [4.78, 5) is 4.26. The first kappa shape index (κ1) is 20.0. The van der Waals surface area contributed by atoms with E-state index < -0.39 is 0 Å². The van der Waals surface area contributed by atoms with Gasteiger partial charge in [0.15, 0.2) is 11.7 Å². The Bertz CT molecular complexity index is 693.